The SMILES string of the molecule is C=CC[Si](C)(C)O.C=CC[Si](C)(C)OCC.CC(=O)O. The summed E-state index contributed by atoms with van der Waals surface area (Å²) in [7, 11) is -3.10. The highest BCUT2D eigenvalue weighted by atomic mass is 28.4. The topological polar surface area (TPSA) is 66.8 Å². The smallest absolute Gasteiger partial charge is 0.300 e. The van der Waals surface area contributed by atoms with Crippen molar-refractivity contribution in [3.63, 3.8) is 0 Å². The highest BCUT2D eigenvalue weighted by Crippen LogP contribution is 2.10. The molecule has 0 fully saturated rings. The van der Waals surface area contributed by atoms with Crippen LogP contribution in [0.4, 0.5) is 0 Å². The number of hydrogen-bond donors (Lipinski definition) is 2. The molecule has 0 aromatic carbocycles. The molecule has 20 heavy (non-hydrogen) atoms. The Hall–Kier alpha value is -0.696. The van der Waals surface area contributed by atoms with Crippen molar-refractivity contribution >= 4 is 22.6 Å². The van der Waals surface area contributed by atoms with Gasteiger partial charge >= 0.3 is 0 Å². The molecule has 0 heterocycles. The van der Waals surface area contributed by atoms with Crippen molar-refractivity contribution in [2.45, 2.75) is 52.1 Å². The predicted octanol–water partition coefficient (Wildman–Crippen LogP) is 3.87. The maximum absolute atomic E-state index is 9.09. The zero-order valence-corrected chi connectivity index (χ0v) is 15.9. The van der Waals surface area contributed by atoms with Crippen molar-refractivity contribution in [3.05, 3.63) is 25.3 Å². The molecular formula is C14H32O4Si2. The summed E-state index contributed by atoms with van der Waals surface area (Å²) < 4.78 is 5.54. The Labute approximate surface area is 126 Å². The number of carbonyl (C=O) groups is 1. The average Bonchev–Trinajstić information content (AvgIpc) is 2.14. The molecule has 0 amide bonds. The van der Waals surface area contributed by atoms with E-state index in [9.17, 15) is 0 Å². The molecule has 0 saturated carbocycles. The molecule has 4 nitrogen and oxygen atoms in total. The van der Waals surface area contributed by atoms with Crippen LogP contribution in [0.1, 0.15) is 13.8 Å². The van der Waals surface area contributed by atoms with Crippen LogP contribution in [0.25, 0.3) is 0 Å². The molecule has 0 aromatic rings. The Balaban J connectivity index is -0.000000234. The van der Waals surface area contributed by atoms with E-state index in [0.717, 1.165) is 25.6 Å². The maximum Gasteiger partial charge on any atom is 0.300 e. The van der Waals surface area contributed by atoms with Crippen LogP contribution in [0.2, 0.25) is 38.3 Å². The average molecular weight is 321 g/mol. The molecule has 6 heteroatoms. The van der Waals surface area contributed by atoms with Gasteiger partial charge in [-0.1, -0.05) is 12.2 Å². The fourth-order valence-electron chi connectivity index (χ4n) is 1.15. The Morgan fingerprint density at radius 1 is 1.15 bits per heavy atom. The van der Waals surface area contributed by atoms with Gasteiger partial charge in [0.1, 0.15) is 0 Å². The van der Waals surface area contributed by atoms with E-state index in [1.807, 2.05) is 26.1 Å². The lowest BCUT2D eigenvalue weighted by molar-refractivity contribution is -0.134. The van der Waals surface area contributed by atoms with Crippen molar-refractivity contribution in [3.8, 4) is 0 Å². The summed E-state index contributed by atoms with van der Waals surface area (Å²) in [5, 5.41) is 7.42. The Kier molecular flexibility index (Phi) is 16.2. The largest absolute Gasteiger partial charge is 0.481 e. The van der Waals surface area contributed by atoms with Gasteiger partial charge in [-0.25, -0.2) is 0 Å². The quantitative estimate of drug-likeness (QED) is 0.576. The van der Waals surface area contributed by atoms with Crippen molar-refractivity contribution < 1.29 is 19.1 Å². The molecule has 0 aliphatic carbocycles. The third-order valence-corrected chi connectivity index (χ3v) is 5.44. The molecule has 0 aliphatic rings. The second-order valence-corrected chi connectivity index (χ2v) is 13.8. The van der Waals surface area contributed by atoms with Gasteiger partial charge in [0, 0.05) is 13.5 Å². The number of hydrogen-bond acceptors (Lipinski definition) is 3. The molecule has 0 spiro atoms. The Morgan fingerprint density at radius 2 is 1.50 bits per heavy atom. The summed E-state index contributed by atoms with van der Waals surface area (Å²) in [5.41, 5.74) is 0. The van der Waals surface area contributed by atoms with E-state index in [1.54, 1.807) is 6.08 Å². The van der Waals surface area contributed by atoms with E-state index in [4.69, 9.17) is 19.1 Å². The Bertz CT molecular complexity index is 267. The summed E-state index contributed by atoms with van der Waals surface area (Å²) >= 11 is 0. The summed E-state index contributed by atoms with van der Waals surface area (Å²) in [4.78, 5) is 18.1. The van der Waals surface area contributed by atoms with E-state index >= 15 is 0 Å². The molecule has 0 unspecified atom stereocenters. The lowest BCUT2D eigenvalue weighted by Crippen LogP contribution is -2.28. The van der Waals surface area contributed by atoms with E-state index in [0.29, 0.717) is 0 Å². The normalized spacial score (nSPS) is 10.3. The fourth-order valence-corrected chi connectivity index (χ4v) is 3.45. The second-order valence-electron chi connectivity index (χ2n) is 5.51. The fraction of sp³-hybridized carbons (Fsp3) is 0.643. The first-order valence-corrected chi connectivity index (χ1v) is 13.0. The number of carboxylic acid groups (broad SMARTS) is 1. The number of rotatable bonds is 6. The second kappa shape index (κ2) is 13.3. The summed E-state index contributed by atoms with van der Waals surface area (Å²) in [5.74, 6) is -0.833. The molecular weight excluding hydrogens is 288 g/mol. The van der Waals surface area contributed by atoms with Crippen molar-refractivity contribution in [2.24, 2.45) is 0 Å². The van der Waals surface area contributed by atoms with Crippen LogP contribution in [0.3, 0.4) is 0 Å². The van der Waals surface area contributed by atoms with Crippen molar-refractivity contribution in [1.29, 1.82) is 0 Å². The van der Waals surface area contributed by atoms with Gasteiger partial charge in [0.2, 0.25) is 0 Å². The molecule has 120 valence electrons. The zero-order valence-electron chi connectivity index (χ0n) is 13.9. The van der Waals surface area contributed by atoms with E-state index in [2.05, 4.69) is 26.3 Å². The van der Waals surface area contributed by atoms with Crippen LogP contribution in [-0.4, -0.2) is 39.1 Å². The van der Waals surface area contributed by atoms with E-state index in [1.165, 1.54) is 0 Å². The minimum atomic E-state index is -1.78. The van der Waals surface area contributed by atoms with E-state index in [-0.39, 0.29) is 0 Å². The summed E-state index contributed by atoms with van der Waals surface area (Å²) in [6, 6.07) is 1.86. The van der Waals surface area contributed by atoms with Crippen LogP contribution in [0.15, 0.2) is 25.3 Å². The summed E-state index contributed by atoms with van der Waals surface area (Å²) in [6.07, 6.45) is 3.72. The molecule has 0 bridgehead atoms. The molecule has 0 radical (unpaired) electrons. The number of aliphatic carboxylic acids is 1. The molecule has 0 saturated heterocycles. The van der Waals surface area contributed by atoms with Crippen LogP contribution in [0.5, 0.6) is 0 Å². The van der Waals surface area contributed by atoms with Gasteiger partial charge in [0.05, 0.1) is 0 Å². The van der Waals surface area contributed by atoms with Crippen molar-refractivity contribution in [2.75, 3.05) is 6.61 Å². The number of allylic oxidation sites excluding steroid dienone is 2. The van der Waals surface area contributed by atoms with Gasteiger partial charge in [-0.05, 0) is 45.2 Å². The first kappa shape index (κ1) is 24.3. The van der Waals surface area contributed by atoms with Crippen LogP contribution in [-0.2, 0) is 9.22 Å². The maximum atomic E-state index is 9.09. The lowest BCUT2D eigenvalue weighted by atomic mass is 10.8. The van der Waals surface area contributed by atoms with Gasteiger partial charge in [0.25, 0.3) is 5.97 Å². The third-order valence-electron chi connectivity index (χ3n) is 1.81. The highest BCUT2D eigenvalue weighted by molar-refractivity contribution is 6.71. The molecule has 0 atom stereocenters. The minimum absolute atomic E-state index is 0.799. The highest BCUT2D eigenvalue weighted by Gasteiger charge is 2.18. The van der Waals surface area contributed by atoms with Crippen LogP contribution < -0.4 is 0 Å². The van der Waals surface area contributed by atoms with Gasteiger partial charge in [-0.15, -0.1) is 13.2 Å². The lowest BCUT2D eigenvalue weighted by Gasteiger charge is -2.19. The third kappa shape index (κ3) is 36.0. The zero-order chi connectivity index (χ0) is 16.8. The van der Waals surface area contributed by atoms with Gasteiger partial charge in [0.15, 0.2) is 16.6 Å². The van der Waals surface area contributed by atoms with Crippen molar-refractivity contribution in [1.82, 2.24) is 0 Å². The summed E-state index contributed by atoms with van der Waals surface area (Å²) in [6.45, 7) is 19.4. The number of carboxylic acids is 1. The molecule has 0 aromatic heterocycles. The monoisotopic (exact) mass is 320 g/mol. The first-order valence-electron chi connectivity index (χ1n) is 6.69. The van der Waals surface area contributed by atoms with Gasteiger partial charge in [-0.2, -0.15) is 0 Å². The van der Waals surface area contributed by atoms with Gasteiger partial charge in [-0.3, -0.25) is 4.79 Å². The van der Waals surface area contributed by atoms with E-state index < -0.39 is 22.6 Å². The minimum Gasteiger partial charge on any atom is -0.481 e. The van der Waals surface area contributed by atoms with Crippen LogP contribution >= 0.6 is 0 Å². The first-order chi connectivity index (χ1) is 8.91. The van der Waals surface area contributed by atoms with Crippen LogP contribution in [0, 0.1) is 0 Å². The molecule has 0 rings (SSSR count). The predicted molar refractivity (Wildman–Crippen MR) is 92.1 cm³/mol. The standard InChI is InChI=1S/C7H16OSi.C5H12OSi.C2H4O2/c1-5-7-9(3,4)8-6-2;1-4-5-7(2,3)6;1-2(3)4/h5H,1,6-7H2,2-4H3;4,6H,1,5H2,2-3H3;1H3,(H,3,4). The molecule has 0 aliphatic heterocycles. The van der Waals surface area contributed by atoms with Gasteiger partial charge < -0.3 is 14.3 Å². The Morgan fingerprint density at radius 3 is 1.65 bits per heavy atom. The molecule has 2 N–H and O–H groups in total.